The highest BCUT2D eigenvalue weighted by Gasteiger charge is 2.19. The van der Waals surface area contributed by atoms with Crippen LogP contribution in [0.2, 0.25) is 0 Å². The van der Waals surface area contributed by atoms with E-state index in [0.29, 0.717) is 0 Å². The van der Waals surface area contributed by atoms with Crippen LogP contribution >= 0.6 is 11.3 Å². The van der Waals surface area contributed by atoms with Crippen molar-refractivity contribution in [3.63, 3.8) is 0 Å². The van der Waals surface area contributed by atoms with Gasteiger partial charge in [-0.2, -0.15) is 0 Å². The highest BCUT2D eigenvalue weighted by Crippen LogP contribution is 2.43. The predicted octanol–water partition coefficient (Wildman–Crippen LogP) is 5.13. The average Bonchev–Trinajstić information content (AvgIpc) is 2.84. The van der Waals surface area contributed by atoms with Crippen LogP contribution in [0.25, 0.3) is 21.6 Å². The molecule has 1 aliphatic carbocycles. The molecule has 0 saturated heterocycles. The van der Waals surface area contributed by atoms with E-state index in [1.165, 1.54) is 21.6 Å². The molecule has 0 N–H and O–H groups in total. The van der Waals surface area contributed by atoms with E-state index in [1.807, 2.05) is 6.07 Å². The van der Waals surface area contributed by atoms with Crippen LogP contribution in [0.4, 0.5) is 4.39 Å². The predicted molar refractivity (Wildman–Crippen MR) is 78.0 cm³/mol. The summed E-state index contributed by atoms with van der Waals surface area (Å²) in [4.78, 5) is 1.29. The maximum atomic E-state index is 13.5. The minimum absolute atomic E-state index is 0.157. The van der Waals surface area contributed by atoms with Gasteiger partial charge in [-0.3, -0.25) is 0 Å². The second-order valence-electron chi connectivity index (χ2n) is 4.80. The Morgan fingerprint density at radius 3 is 2.68 bits per heavy atom. The number of halogens is 1. The molecule has 0 fully saturated rings. The second kappa shape index (κ2) is 4.04. The van der Waals surface area contributed by atoms with Crippen molar-refractivity contribution in [2.24, 2.45) is 0 Å². The van der Waals surface area contributed by atoms with Gasteiger partial charge in [-0.05, 0) is 52.3 Å². The third kappa shape index (κ3) is 1.64. The molecule has 0 unspecified atom stereocenters. The fourth-order valence-electron chi connectivity index (χ4n) is 2.80. The highest BCUT2D eigenvalue weighted by atomic mass is 32.1. The van der Waals surface area contributed by atoms with Gasteiger partial charge < -0.3 is 0 Å². The molecule has 0 aliphatic heterocycles. The summed E-state index contributed by atoms with van der Waals surface area (Å²) in [5.41, 5.74) is 6.02. The first kappa shape index (κ1) is 10.9. The number of benzene rings is 2. The molecule has 2 aromatic carbocycles. The molecule has 0 radical (unpaired) electrons. The lowest BCUT2D eigenvalue weighted by Gasteiger charge is -2.06. The smallest absolute Gasteiger partial charge is 0.123 e. The van der Waals surface area contributed by atoms with Crippen molar-refractivity contribution in [3.05, 3.63) is 70.9 Å². The molecule has 1 aromatic heterocycles. The molecule has 0 bridgehead atoms. The molecular formula is C17H11FS. The highest BCUT2D eigenvalue weighted by molar-refractivity contribution is 7.14. The standard InChI is InChI=1S/C17H11FS/c18-13-5-6-14-12(10-13)9-11-3-1-2-4-15(11)17-16(14)7-8-19-17/h1-8,10H,9H2. The summed E-state index contributed by atoms with van der Waals surface area (Å²) >= 11 is 1.76. The van der Waals surface area contributed by atoms with Gasteiger partial charge in [0.1, 0.15) is 5.82 Å². The third-order valence-electron chi connectivity index (χ3n) is 3.67. The van der Waals surface area contributed by atoms with Crippen LogP contribution in [0.15, 0.2) is 53.9 Å². The van der Waals surface area contributed by atoms with E-state index in [0.717, 1.165) is 17.5 Å². The van der Waals surface area contributed by atoms with Gasteiger partial charge >= 0.3 is 0 Å². The molecule has 3 aromatic rings. The number of fused-ring (bicyclic) bond motifs is 5. The summed E-state index contributed by atoms with van der Waals surface area (Å²) in [7, 11) is 0. The lowest BCUT2D eigenvalue weighted by molar-refractivity contribution is 0.626. The quantitative estimate of drug-likeness (QED) is 0.414. The van der Waals surface area contributed by atoms with E-state index >= 15 is 0 Å². The van der Waals surface area contributed by atoms with Gasteiger partial charge in [0.05, 0.1) is 0 Å². The largest absolute Gasteiger partial charge is 0.207 e. The van der Waals surface area contributed by atoms with E-state index in [9.17, 15) is 4.39 Å². The Bertz CT molecular complexity index is 770. The molecule has 92 valence electrons. The van der Waals surface area contributed by atoms with Crippen LogP contribution in [0.5, 0.6) is 0 Å². The van der Waals surface area contributed by atoms with Gasteiger partial charge in [0, 0.05) is 10.4 Å². The van der Waals surface area contributed by atoms with Crippen molar-refractivity contribution in [3.8, 4) is 21.6 Å². The lowest BCUT2D eigenvalue weighted by atomic mass is 9.99. The first-order valence-electron chi connectivity index (χ1n) is 6.27. The number of rotatable bonds is 0. The molecule has 0 nitrogen and oxygen atoms in total. The van der Waals surface area contributed by atoms with Crippen LogP contribution in [0.3, 0.4) is 0 Å². The monoisotopic (exact) mass is 266 g/mol. The Balaban J connectivity index is 2.09. The topological polar surface area (TPSA) is 0 Å². The minimum atomic E-state index is -0.157. The molecule has 4 rings (SSSR count). The van der Waals surface area contributed by atoms with Crippen molar-refractivity contribution in [1.82, 2.24) is 0 Å². The maximum absolute atomic E-state index is 13.5. The molecule has 2 heteroatoms. The molecule has 19 heavy (non-hydrogen) atoms. The second-order valence-corrected chi connectivity index (χ2v) is 5.71. The van der Waals surface area contributed by atoms with Gasteiger partial charge in [-0.25, -0.2) is 4.39 Å². The van der Waals surface area contributed by atoms with Gasteiger partial charge in [-0.1, -0.05) is 30.3 Å². The summed E-state index contributed by atoms with van der Waals surface area (Å²) < 4.78 is 13.5. The Morgan fingerprint density at radius 1 is 0.842 bits per heavy atom. The summed E-state index contributed by atoms with van der Waals surface area (Å²) in [6.07, 6.45) is 0.796. The Kier molecular flexibility index (Phi) is 2.32. The maximum Gasteiger partial charge on any atom is 0.123 e. The van der Waals surface area contributed by atoms with E-state index in [2.05, 4.69) is 35.7 Å². The van der Waals surface area contributed by atoms with E-state index in [-0.39, 0.29) is 5.82 Å². The first-order valence-corrected chi connectivity index (χ1v) is 7.15. The van der Waals surface area contributed by atoms with Gasteiger partial charge in [0.15, 0.2) is 0 Å². The van der Waals surface area contributed by atoms with Crippen LogP contribution in [0, 0.1) is 5.82 Å². The SMILES string of the molecule is Fc1ccc2c(c1)Cc1ccccc1-c1sccc1-2. The molecule has 0 atom stereocenters. The van der Waals surface area contributed by atoms with Crippen molar-refractivity contribution in [2.75, 3.05) is 0 Å². The number of hydrogen-bond acceptors (Lipinski definition) is 1. The molecule has 1 heterocycles. The molecule has 0 saturated carbocycles. The Morgan fingerprint density at radius 2 is 1.74 bits per heavy atom. The summed E-state index contributed by atoms with van der Waals surface area (Å²) in [5, 5.41) is 2.11. The molecule has 1 aliphatic rings. The lowest BCUT2D eigenvalue weighted by Crippen LogP contribution is -1.91. The normalized spacial score (nSPS) is 12.3. The van der Waals surface area contributed by atoms with Crippen LogP contribution in [0.1, 0.15) is 11.1 Å². The van der Waals surface area contributed by atoms with Gasteiger partial charge in [0.2, 0.25) is 0 Å². The average molecular weight is 266 g/mol. The minimum Gasteiger partial charge on any atom is -0.207 e. The van der Waals surface area contributed by atoms with E-state index in [1.54, 1.807) is 23.5 Å². The fourth-order valence-corrected chi connectivity index (χ4v) is 3.77. The van der Waals surface area contributed by atoms with Crippen molar-refractivity contribution < 1.29 is 4.39 Å². The number of thiophene rings is 1. The zero-order valence-electron chi connectivity index (χ0n) is 10.2. The van der Waals surface area contributed by atoms with E-state index in [4.69, 9.17) is 0 Å². The Hall–Kier alpha value is -1.93. The molecule has 0 spiro atoms. The van der Waals surface area contributed by atoms with Crippen molar-refractivity contribution in [1.29, 1.82) is 0 Å². The van der Waals surface area contributed by atoms with Crippen LogP contribution in [-0.4, -0.2) is 0 Å². The van der Waals surface area contributed by atoms with Gasteiger partial charge in [0.25, 0.3) is 0 Å². The number of hydrogen-bond donors (Lipinski definition) is 0. The zero-order valence-corrected chi connectivity index (χ0v) is 11.0. The Labute approximate surface area is 115 Å². The van der Waals surface area contributed by atoms with Crippen molar-refractivity contribution in [2.45, 2.75) is 6.42 Å². The van der Waals surface area contributed by atoms with Crippen molar-refractivity contribution >= 4 is 11.3 Å². The summed E-state index contributed by atoms with van der Waals surface area (Å²) in [6.45, 7) is 0. The zero-order chi connectivity index (χ0) is 12.8. The van der Waals surface area contributed by atoms with Crippen LogP contribution in [-0.2, 0) is 6.42 Å². The van der Waals surface area contributed by atoms with Gasteiger partial charge in [-0.15, -0.1) is 11.3 Å². The van der Waals surface area contributed by atoms with Crippen LogP contribution < -0.4 is 0 Å². The summed E-state index contributed by atoms with van der Waals surface area (Å²) in [6, 6.07) is 15.7. The third-order valence-corrected chi connectivity index (χ3v) is 4.61. The summed E-state index contributed by atoms with van der Waals surface area (Å²) in [5.74, 6) is -0.157. The fraction of sp³-hybridized carbons (Fsp3) is 0.0588. The molecular weight excluding hydrogens is 255 g/mol. The van der Waals surface area contributed by atoms with E-state index < -0.39 is 0 Å². The first-order chi connectivity index (χ1) is 9.33. The molecule has 0 amide bonds.